The number of nitrogens with zero attached hydrogens (tertiary/aromatic N) is 1. The van der Waals surface area contributed by atoms with Gasteiger partial charge in [-0.15, -0.1) is 0 Å². The number of rotatable bonds is 8. The average Bonchev–Trinajstić information content (AvgIpc) is 2.61. The van der Waals surface area contributed by atoms with Crippen LogP contribution in [0.5, 0.6) is 0 Å². The Kier molecular flexibility index (Phi) is 8.19. The summed E-state index contributed by atoms with van der Waals surface area (Å²) in [5, 5.41) is 16.5. The minimum atomic E-state index is -0.340. The first-order valence-corrected chi connectivity index (χ1v) is 11.7. The van der Waals surface area contributed by atoms with Crippen molar-refractivity contribution in [2.75, 3.05) is 6.54 Å². The molecule has 2 aromatic carbocycles. The van der Waals surface area contributed by atoms with Crippen molar-refractivity contribution in [2.24, 2.45) is 5.16 Å². The molecule has 7 heteroatoms. The number of hydrogen-bond donors (Lipinski definition) is 2. The number of hydrogen-bond acceptors (Lipinski definition) is 4. The molecular formula is C17H17ClN2O2SSe. The topological polar surface area (TPSA) is 61.7 Å². The van der Waals surface area contributed by atoms with E-state index in [-0.39, 0.29) is 18.0 Å². The van der Waals surface area contributed by atoms with E-state index in [2.05, 4.69) is 22.6 Å². The van der Waals surface area contributed by atoms with E-state index in [9.17, 15) is 4.79 Å². The van der Waals surface area contributed by atoms with Crippen molar-refractivity contribution in [3.8, 4) is 0 Å². The molecule has 0 radical (unpaired) electrons. The Morgan fingerprint density at radius 1 is 1.17 bits per heavy atom. The van der Waals surface area contributed by atoms with Crippen molar-refractivity contribution in [1.29, 1.82) is 0 Å². The predicted octanol–water partition coefficient (Wildman–Crippen LogP) is 3.66. The number of halogens is 1. The molecule has 0 aromatic heterocycles. The van der Waals surface area contributed by atoms with Crippen molar-refractivity contribution in [2.45, 2.75) is 16.6 Å². The van der Waals surface area contributed by atoms with Crippen LogP contribution < -0.4 is 5.32 Å². The van der Waals surface area contributed by atoms with Gasteiger partial charge in [-0.1, -0.05) is 0 Å². The van der Waals surface area contributed by atoms with Gasteiger partial charge in [0.05, 0.1) is 0 Å². The summed E-state index contributed by atoms with van der Waals surface area (Å²) in [7, 11) is 1.81. The third-order valence-corrected chi connectivity index (χ3v) is 7.47. The van der Waals surface area contributed by atoms with Gasteiger partial charge in [0.15, 0.2) is 0 Å². The van der Waals surface area contributed by atoms with Gasteiger partial charge in [0.1, 0.15) is 0 Å². The van der Waals surface area contributed by atoms with Crippen LogP contribution in [-0.4, -0.2) is 37.2 Å². The number of benzene rings is 2. The second-order valence-electron chi connectivity index (χ2n) is 4.82. The van der Waals surface area contributed by atoms with E-state index in [0.29, 0.717) is 25.4 Å². The van der Waals surface area contributed by atoms with Gasteiger partial charge < -0.3 is 0 Å². The van der Waals surface area contributed by atoms with Crippen molar-refractivity contribution in [1.82, 2.24) is 5.32 Å². The molecule has 2 aromatic rings. The molecule has 0 atom stereocenters. The van der Waals surface area contributed by atoms with Gasteiger partial charge in [-0.3, -0.25) is 0 Å². The van der Waals surface area contributed by atoms with Gasteiger partial charge in [0.25, 0.3) is 0 Å². The molecule has 0 bridgehead atoms. The number of carbonyl (C=O) groups is 1. The van der Waals surface area contributed by atoms with Crippen LogP contribution in [0.15, 0.2) is 64.6 Å². The van der Waals surface area contributed by atoms with Crippen molar-refractivity contribution in [3.05, 3.63) is 65.2 Å². The Hall–Kier alpha value is -1.46. The summed E-state index contributed by atoms with van der Waals surface area (Å²) in [6.07, 6.45) is 0.267. The molecule has 0 aliphatic carbocycles. The Balaban J connectivity index is 1.71. The van der Waals surface area contributed by atoms with Crippen LogP contribution in [0.1, 0.15) is 5.56 Å². The minimum absolute atomic E-state index is 0.0977. The van der Waals surface area contributed by atoms with Crippen LogP contribution in [0.3, 0.4) is 0 Å². The monoisotopic (exact) mass is 428 g/mol. The molecule has 24 heavy (non-hydrogen) atoms. The van der Waals surface area contributed by atoms with Gasteiger partial charge in [-0.05, 0) is 0 Å². The van der Waals surface area contributed by atoms with E-state index in [1.54, 1.807) is 24.3 Å². The first kappa shape index (κ1) is 18.9. The van der Waals surface area contributed by atoms with Crippen molar-refractivity contribution >= 4 is 47.2 Å². The maximum absolute atomic E-state index is 12.1. The standard InChI is InChI=1S/C17H17ClN2O2SSe/c18-14-8-6-13(7-9-14)12-16(20-22)17(21)19-10-11-24-23-15-4-2-1-3-5-15/h1-9,22H,10-12H2,(H,19,21)/b20-16+. The fourth-order valence-corrected chi connectivity index (χ4v) is 5.37. The van der Waals surface area contributed by atoms with E-state index < -0.39 is 0 Å². The molecule has 2 rings (SSSR count). The third-order valence-electron chi connectivity index (χ3n) is 3.04. The molecule has 0 aliphatic rings. The summed E-state index contributed by atoms with van der Waals surface area (Å²) in [4.78, 5) is 13.3. The summed E-state index contributed by atoms with van der Waals surface area (Å²) in [6.45, 7) is 0.568. The molecule has 126 valence electrons. The second-order valence-corrected chi connectivity index (χ2v) is 9.52. The van der Waals surface area contributed by atoms with E-state index >= 15 is 0 Å². The molecule has 1 amide bonds. The predicted molar refractivity (Wildman–Crippen MR) is 100 cm³/mol. The summed E-state index contributed by atoms with van der Waals surface area (Å²) >= 11 is 6.18. The first-order valence-electron chi connectivity index (χ1n) is 7.27. The van der Waals surface area contributed by atoms with E-state index in [4.69, 9.17) is 16.8 Å². The van der Waals surface area contributed by atoms with Gasteiger partial charge in [-0.25, -0.2) is 0 Å². The first-order chi connectivity index (χ1) is 11.7. The number of carbonyl (C=O) groups excluding carboxylic acids is 1. The Bertz CT molecular complexity index is 681. The molecule has 4 nitrogen and oxygen atoms in total. The molecule has 0 saturated heterocycles. The third kappa shape index (κ3) is 6.57. The van der Waals surface area contributed by atoms with Crippen molar-refractivity contribution < 1.29 is 10.0 Å². The van der Waals surface area contributed by atoms with E-state index in [0.717, 1.165) is 10.9 Å². The molecule has 0 spiro atoms. The fraction of sp³-hybridized carbons (Fsp3) is 0.176. The molecule has 0 heterocycles. The maximum atomic E-state index is 12.1. The summed E-state index contributed by atoms with van der Waals surface area (Å²) < 4.78 is 0. The molecular weight excluding hydrogens is 411 g/mol. The van der Waals surface area contributed by atoms with Crippen LogP contribution in [-0.2, 0) is 11.2 Å². The van der Waals surface area contributed by atoms with Crippen LogP contribution in [0.4, 0.5) is 0 Å². The summed E-state index contributed by atoms with van der Waals surface area (Å²) in [6, 6.07) is 17.3. The van der Waals surface area contributed by atoms with Gasteiger partial charge in [-0.2, -0.15) is 0 Å². The van der Waals surface area contributed by atoms with Crippen LogP contribution in [0.2, 0.25) is 10.3 Å². The zero-order valence-corrected chi connectivity index (χ0v) is 16.1. The summed E-state index contributed by atoms with van der Waals surface area (Å²) in [5.74, 6) is -0.340. The van der Waals surface area contributed by atoms with Crippen LogP contribution in [0, 0.1) is 0 Å². The molecule has 2 N–H and O–H groups in total. The fourth-order valence-electron chi connectivity index (χ4n) is 1.85. The average molecular weight is 428 g/mol. The molecule has 0 saturated carbocycles. The van der Waals surface area contributed by atoms with E-state index in [1.165, 1.54) is 4.90 Å². The molecule has 0 fully saturated rings. The SMILES string of the molecule is O=C(NCC[Se]Sc1ccccc1)/C(Cc1ccc(Cl)cc1)=N/O. The van der Waals surface area contributed by atoms with Gasteiger partial charge in [0.2, 0.25) is 0 Å². The van der Waals surface area contributed by atoms with Crippen molar-refractivity contribution in [3.63, 3.8) is 0 Å². The number of oxime groups is 1. The Labute approximate surface area is 155 Å². The quantitative estimate of drug-likeness (QED) is 0.222. The molecule has 0 unspecified atom stereocenters. The van der Waals surface area contributed by atoms with Crippen LogP contribution in [0.25, 0.3) is 0 Å². The zero-order valence-electron chi connectivity index (χ0n) is 12.8. The second kappa shape index (κ2) is 10.4. The Morgan fingerprint density at radius 3 is 2.54 bits per heavy atom. The number of amides is 1. The Morgan fingerprint density at radius 2 is 1.88 bits per heavy atom. The zero-order chi connectivity index (χ0) is 17.2. The van der Waals surface area contributed by atoms with Gasteiger partial charge in [0, 0.05) is 0 Å². The summed E-state index contributed by atoms with van der Waals surface area (Å²) in [5.41, 5.74) is 0.965. The molecule has 0 aliphatic heterocycles. The van der Waals surface area contributed by atoms with Gasteiger partial charge >= 0.3 is 156 Å². The van der Waals surface area contributed by atoms with Crippen LogP contribution >= 0.6 is 21.8 Å². The number of nitrogens with one attached hydrogen (secondary N) is 1. The normalized spacial score (nSPS) is 11.3. The van der Waals surface area contributed by atoms with E-state index in [1.807, 2.05) is 28.4 Å².